The standard InChI is InChI=1S/C14H13ClN6O/c1-21-7-10(4-16)13(20-21)19-14(22)9-2-8-3-12(15)18-6-11(8)17-5-9/h2-3,5-7H,4,16H2,1H3,(H,19,20,22). The zero-order chi connectivity index (χ0) is 15.7. The number of carbonyl (C=O) groups excluding carboxylic acids is 1. The molecule has 0 saturated heterocycles. The third kappa shape index (κ3) is 2.76. The van der Waals surface area contributed by atoms with E-state index >= 15 is 0 Å². The topological polar surface area (TPSA) is 98.7 Å². The number of halogens is 1. The number of nitrogens with zero attached hydrogens (tertiary/aromatic N) is 4. The molecule has 0 bridgehead atoms. The molecule has 112 valence electrons. The Balaban J connectivity index is 1.91. The van der Waals surface area contributed by atoms with Crippen molar-refractivity contribution in [2.75, 3.05) is 5.32 Å². The lowest BCUT2D eigenvalue weighted by Gasteiger charge is -2.05. The molecule has 0 aliphatic carbocycles. The van der Waals surface area contributed by atoms with Gasteiger partial charge in [0.2, 0.25) is 0 Å². The fourth-order valence-corrected chi connectivity index (χ4v) is 2.27. The van der Waals surface area contributed by atoms with Crippen molar-refractivity contribution in [2.24, 2.45) is 12.8 Å². The lowest BCUT2D eigenvalue weighted by atomic mass is 10.2. The van der Waals surface area contributed by atoms with Crippen LogP contribution in [0.15, 0.2) is 30.7 Å². The lowest BCUT2D eigenvalue weighted by Crippen LogP contribution is -2.14. The van der Waals surface area contributed by atoms with E-state index in [2.05, 4.69) is 20.4 Å². The van der Waals surface area contributed by atoms with E-state index in [4.69, 9.17) is 17.3 Å². The highest BCUT2D eigenvalue weighted by atomic mass is 35.5. The van der Waals surface area contributed by atoms with Crippen LogP contribution in [0.5, 0.6) is 0 Å². The average molecular weight is 317 g/mol. The average Bonchev–Trinajstić information content (AvgIpc) is 2.86. The van der Waals surface area contributed by atoms with Crippen molar-refractivity contribution in [2.45, 2.75) is 6.54 Å². The molecular weight excluding hydrogens is 304 g/mol. The van der Waals surface area contributed by atoms with Gasteiger partial charge in [0.05, 0.1) is 17.3 Å². The van der Waals surface area contributed by atoms with E-state index in [-0.39, 0.29) is 5.91 Å². The van der Waals surface area contributed by atoms with Gasteiger partial charge in [0.15, 0.2) is 5.82 Å². The molecule has 0 aliphatic heterocycles. The highest BCUT2D eigenvalue weighted by molar-refractivity contribution is 6.30. The van der Waals surface area contributed by atoms with Crippen molar-refractivity contribution in [1.29, 1.82) is 0 Å². The molecule has 0 radical (unpaired) electrons. The fourth-order valence-electron chi connectivity index (χ4n) is 2.10. The molecule has 3 rings (SSSR count). The summed E-state index contributed by atoms with van der Waals surface area (Å²) in [5, 5.41) is 8.01. The van der Waals surface area contributed by atoms with Crippen molar-refractivity contribution in [3.8, 4) is 0 Å². The molecule has 7 nitrogen and oxygen atoms in total. The van der Waals surface area contributed by atoms with Crippen molar-refractivity contribution >= 4 is 34.2 Å². The van der Waals surface area contributed by atoms with Crippen LogP contribution in [-0.4, -0.2) is 25.7 Å². The van der Waals surface area contributed by atoms with Gasteiger partial charge in [-0.25, -0.2) is 4.98 Å². The van der Waals surface area contributed by atoms with E-state index in [1.165, 1.54) is 6.20 Å². The zero-order valence-electron chi connectivity index (χ0n) is 11.7. The molecule has 3 heterocycles. The second-order valence-electron chi connectivity index (χ2n) is 4.76. The van der Waals surface area contributed by atoms with E-state index in [0.717, 1.165) is 10.9 Å². The molecule has 0 aromatic carbocycles. The molecule has 0 unspecified atom stereocenters. The first-order chi connectivity index (χ1) is 10.6. The van der Waals surface area contributed by atoms with E-state index in [9.17, 15) is 4.79 Å². The van der Waals surface area contributed by atoms with Gasteiger partial charge in [-0.2, -0.15) is 5.10 Å². The number of hydrogen-bond donors (Lipinski definition) is 2. The monoisotopic (exact) mass is 316 g/mol. The maximum Gasteiger partial charge on any atom is 0.258 e. The first-order valence-corrected chi connectivity index (χ1v) is 6.90. The summed E-state index contributed by atoms with van der Waals surface area (Å²) < 4.78 is 1.60. The smallest absolute Gasteiger partial charge is 0.258 e. The molecule has 0 saturated carbocycles. The van der Waals surface area contributed by atoms with E-state index in [1.54, 1.807) is 36.3 Å². The maximum atomic E-state index is 12.3. The van der Waals surface area contributed by atoms with E-state index < -0.39 is 0 Å². The molecule has 3 aromatic rings. The number of aromatic nitrogens is 4. The predicted octanol–water partition coefficient (Wildman–Crippen LogP) is 1.73. The molecule has 1 amide bonds. The van der Waals surface area contributed by atoms with Crippen molar-refractivity contribution in [1.82, 2.24) is 19.7 Å². The third-order valence-corrected chi connectivity index (χ3v) is 3.36. The summed E-state index contributed by atoms with van der Waals surface area (Å²) in [4.78, 5) is 20.5. The Bertz CT molecular complexity index is 860. The second-order valence-corrected chi connectivity index (χ2v) is 5.15. The predicted molar refractivity (Wildman–Crippen MR) is 83.6 cm³/mol. The Hall–Kier alpha value is -2.51. The van der Waals surface area contributed by atoms with E-state index in [0.29, 0.717) is 28.6 Å². The number of aryl methyl sites for hydroxylation is 1. The lowest BCUT2D eigenvalue weighted by molar-refractivity contribution is 0.102. The number of rotatable bonds is 3. The zero-order valence-corrected chi connectivity index (χ0v) is 12.5. The molecule has 8 heteroatoms. The number of nitrogens with one attached hydrogen (secondary N) is 1. The normalized spacial score (nSPS) is 10.9. The Labute approximate surface area is 131 Å². The molecular formula is C14H13ClN6O. The van der Waals surface area contributed by atoms with Gasteiger partial charge in [-0.1, -0.05) is 11.6 Å². The van der Waals surface area contributed by atoms with Gasteiger partial charge in [-0.3, -0.25) is 14.5 Å². The molecule has 3 aromatic heterocycles. The number of pyridine rings is 2. The van der Waals surface area contributed by atoms with Crippen LogP contribution >= 0.6 is 11.6 Å². The van der Waals surface area contributed by atoms with Crippen LogP contribution in [0.2, 0.25) is 5.15 Å². The highest BCUT2D eigenvalue weighted by Gasteiger charge is 2.13. The quantitative estimate of drug-likeness (QED) is 0.717. The Morgan fingerprint density at radius 1 is 1.36 bits per heavy atom. The van der Waals surface area contributed by atoms with Crippen molar-refractivity contribution in [3.05, 3.63) is 47.0 Å². The van der Waals surface area contributed by atoms with Gasteiger partial charge in [0.25, 0.3) is 5.91 Å². The SMILES string of the molecule is Cn1cc(CN)c(NC(=O)c2cnc3cnc(Cl)cc3c2)n1. The molecule has 0 atom stereocenters. The third-order valence-electron chi connectivity index (χ3n) is 3.15. The summed E-state index contributed by atoms with van der Waals surface area (Å²) in [5.74, 6) is 0.138. The number of nitrogens with two attached hydrogens (primary N) is 1. The van der Waals surface area contributed by atoms with Crippen molar-refractivity contribution < 1.29 is 4.79 Å². The summed E-state index contributed by atoms with van der Waals surface area (Å²) in [6, 6.07) is 3.36. The van der Waals surface area contributed by atoms with Crippen molar-refractivity contribution in [3.63, 3.8) is 0 Å². The highest BCUT2D eigenvalue weighted by Crippen LogP contribution is 2.18. The minimum absolute atomic E-state index is 0.292. The first kappa shape index (κ1) is 14.4. The molecule has 0 spiro atoms. The van der Waals surface area contributed by atoms with Crippen LogP contribution in [0.25, 0.3) is 10.9 Å². The van der Waals surface area contributed by atoms with Crippen LogP contribution < -0.4 is 11.1 Å². The van der Waals surface area contributed by atoms with Gasteiger partial charge >= 0.3 is 0 Å². The van der Waals surface area contributed by atoms with Crippen LogP contribution in [0.4, 0.5) is 5.82 Å². The summed E-state index contributed by atoms with van der Waals surface area (Å²) in [5.41, 5.74) is 7.47. The molecule has 0 fully saturated rings. The van der Waals surface area contributed by atoms with Gasteiger partial charge in [0, 0.05) is 36.9 Å². The first-order valence-electron chi connectivity index (χ1n) is 6.52. The molecule has 3 N–H and O–H groups in total. The van der Waals surface area contributed by atoms with Crippen LogP contribution in [0.3, 0.4) is 0 Å². The van der Waals surface area contributed by atoms with E-state index in [1.807, 2.05) is 0 Å². The number of carbonyl (C=O) groups is 1. The Kier molecular flexibility index (Phi) is 3.74. The van der Waals surface area contributed by atoms with Crippen LogP contribution in [0.1, 0.15) is 15.9 Å². The number of fused-ring (bicyclic) bond motifs is 1. The van der Waals surface area contributed by atoms with Crippen LogP contribution in [-0.2, 0) is 13.6 Å². The molecule has 22 heavy (non-hydrogen) atoms. The van der Waals surface area contributed by atoms with Crippen LogP contribution in [0, 0.1) is 0 Å². The summed E-state index contributed by atoms with van der Waals surface area (Å²) in [6.07, 6.45) is 4.81. The Morgan fingerprint density at radius 2 is 2.18 bits per heavy atom. The second kappa shape index (κ2) is 5.70. The minimum atomic E-state index is -0.310. The molecule has 0 aliphatic rings. The van der Waals surface area contributed by atoms with Gasteiger partial charge in [0.1, 0.15) is 5.15 Å². The number of hydrogen-bond acceptors (Lipinski definition) is 5. The van der Waals surface area contributed by atoms with Gasteiger partial charge in [-0.15, -0.1) is 0 Å². The Morgan fingerprint density at radius 3 is 2.95 bits per heavy atom. The fraction of sp³-hybridized carbons (Fsp3) is 0.143. The van der Waals surface area contributed by atoms with Gasteiger partial charge < -0.3 is 11.1 Å². The summed E-state index contributed by atoms with van der Waals surface area (Å²) in [6.45, 7) is 0.292. The van der Waals surface area contributed by atoms with Gasteiger partial charge in [-0.05, 0) is 12.1 Å². The number of amides is 1. The maximum absolute atomic E-state index is 12.3. The summed E-state index contributed by atoms with van der Waals surface area (Å²) >= 11 is 5.86. The minimum Gasteiger partial charge on any atom is -0.326 e. The number of anilines is 1. The summed E-state index contributed by atoms with van der Waals surface area (Å²) in [7, 11) is 1.77. The largest absolute Gasteiger partial charge is 0.326 e.